The van der Waals surface area contributed by atoms with E-state index in [-0.39, 0.29) is 17.4 Å². The molecular formula is C11H10FN3O2. The van der Waals surface area contributed by atoms with Gasteiger partial charge in [0.15, 0.2) is 5.69 Å². The lowest BCUT2D eigenvalue weighted by Gasteiger charge is -2.06. The molecule has 1 aromatic heterocycles. The summed E-state index contributed by atoms with van der Waals surface area (Å²) in [6, 6.07) is 4.20. The van der Waals surface area contributed by atoms with Crippen LogP contribution in [0.15, 0.2) is 29.3 Å². The molecule has 1 aromatic carbocycles. The van der Waals surface area contributed by atoms with Gasteiger partial charge in [0, 0.05) is 0 Å². The SMILES string of the molecule is Cc1cc(Oc2nc[nH]c(=O)c2N)ccc1F. The first-order valence-corrected chi connectivity index (χ1v) is 4.85. The van der Waals surface area contributed by atoms with Crippen LogP contribution in [0.1, 0.15) is 5.56 Å². The van der Waals surface area contributed by atoms with Crippen LogP contribution >= 0.6 is 0 Å². The summed E-state index contributed by atoms with van der Waals surface area (Å²) in [4.78, 5) is 17.3. The number of ether oxygens (including phenoxy) is 1. The van der Waals surface area contributed by atoms with Crippen molar-refractivity contribution in [3.8, 4) is 11.6 Å². The smallest absolute Gasteiger partial charge is 0.277 e. The molecule has 0 spiro atoms. The number of rotatable bonds is 2. The highest BCUT2D eigenvalue weighted by atomic mass is 19.1. The quantitative estimate of drug-likeness (QED) is 0.828. The van der Waals surface area contributed by atoms with Crippen LogP contribution in [-0.4, -0.2) is 9.97 Å². The van der Waals surface area contributed by atoms with Crippen molar-refractivity contribution in [2.24, 2.45) is 0 Å². The Morgan fingerprint density at radius 1 is 1.47 bits per heavy atom. The number of nitrogens with two attached hydrogens (primary N) is 1. The molecule has 17 heavy (non-hydrogen) atoms. The number of aromatic nitrogens is 2. The Balaban J connectivity index is 2.35. The van der Waals surface area contributed by atoms with Crippen LogP contribution in [0.2, 0.25) is 0 Å². The molecule has 0 saturated carbocycles. The van der Waals surface area contributed by atoms with Crippen LogP contribution in [0.4, 0.5) is 10.1 Å². The van der Waals surface area contributed by atoms with E-state index in [1.807, 2.05) is 0 Å². The molecule has 2 rings (SSSR count). The van der Waals surface area contributed by atoms with Gasteiger partial charge in [-0.1, -0.05) is 0 Å². The molecule has 3 N–H and O–H groups in total. The van der Waals surface area contributed by atoms with Gasteiger partial charge in [-0.3, -0.25) is 4.79 Å². The molecule has 0 amide bonds. The summed E-state index contributed by atoms with van der Waals surface area (Å²) < 4.78 is 18.3. The second-order valence-electron chi connectivity index (χ2n) is 3.46. The van der Waals surface area contributed by atoms with Crippen molar-refractivity contribution in [3.05, 3.63) is 46.3 Å². The third kappa shape index (κ3) is 2.25. The summed E-state index contributed by atoms with van der Waals surface area (Å²) in [6.45, 7) is 1.61. The minimum atomic E-state index is -0.478. The predicted molar refractivity (Wildman–Crippen MR) is 60.5 cm³/mol. The van der Waals surface area contributed by atoms with Crippen LogP contribution in [0.25, 0.3) is 0 Å². The van der Waals surface area contributed by atoms with Gasteiger partial charge in [-0.25, -0.2) is 9.37 Å². The van der Waals surface area contributed by atoms with Crippen LogP contribution in [-0.2, 0) is 0 Å². The maximum absolute atomic E-state index is 13.0. The molecule has 0 aliphatic rings. The number of benzene rings is 1. The number of anilines is 1. The highest BCUT2D eigenvalue weighted by Gasteiger charge is 2.08. The van der Waals surface area contributed by atoms with Crippen molar-refractivity contribution in [2.45, 2.75) is 6.92 Å². The van der Waals surface area contributed by atoms with Gasteiger partial charge < -0.3 is 15.5 Å². The lowest BCUT2D eigenvalue weighted by Crippen LogP contribution is -2.13. The largest absolute Gasteiger partial charge is 0.437 e. The Morgan fingerprint density at radius 2 is 2.24 bits per heavy atom. The Bertz CT molecular complexity index is 610. The highest BCUT2D eigenvalue weighted by Crippen LogP contribution is 2.23. The summed E-state index contributed by atoms with van der Waals surface area (Å²) in [7, 11) is 0. The van der Waals surface area contributed by atoms with Gasteiger partial charge in [0.25, 0.3) is 5.56 Å². The fourth-order valence-corrected chi connectivity index (χ4v) is 1.27. The summed E-state index contributed by atoms with van der Waals surface area (Å²) in [5, 5.41) is 0. The lowest BCUT2D eigenvalue weighted by molar-refractivity contribution is 0.461. The van der Waals surface area contributed by atoms with Crippen molar-refractivity contribution in [1.82, 2.24) is 9.97 Å². The van der Waals surface area contributed by atoms with Crippen molar-refractivity contribution in [3.63, 3.8) is 0 Å². The molecule has 0 atom stereocenters. The lowest BCUT2D eigenvalue weighted by atomic mass is 10.2. The van der Waals surface area contributed by atoms with Crippen LogP contribution < -0.4 is 16.0 Å². The van der Waals surface area contributed by atoms with Crippen molar-refractivity contribution in [1.29, 1.82) is 0 Å². The summed E-state index contributed by atoms with van der Waals surface area (Å²) >= 11 is 0. The molecular weight excluding hydrogens is 225 g/mol. The van der Waals surface area contributed by atoms with E-state index in [1.54, 1.807) is 6.92 Å². The third-order valence-corrected chi connectivity index (χ3v) is 2.20. The van der Waals surface area contributed by atoms with E-state index in [0.29, 0.717) is 11.3 Å². The summed E-state index contributed by atoms with van der Waals surface area (Å²) in [5.74, 6) is 0.0395. The van der Waals surface area contributed by atoms with E-state index in [2.05, 4.69) is 9.97 Å². The molecule has 88 valence electrons. The number of nitrogens with zero attached hydrogens (tertiary/aromatic N) is 1. The van der Waals surface area contributed by atoms with Crippen molar-refractivity contribution < 1.29 is 9.13 Å². The minimum Gasteiger partial charge on any atom is -0.437 e. The van der Waals surface area contributed by atoms with E-state index in [0.717, 1.165) is 0 Å². The molecule has 0 unspecified atom stereocenters. The van der Waals surface area contributed by atoms with Crippen molar-refractivity contribution >= 4 is 5.69 Å². The molecule has 0 aliphatic carbocycles. The normalized spacial score (nSPS) is 10.2. The number of aromatic amines is 1. The standard InChI is InChI=1S/C11H10FN3O2/c1-6-4-7(2-3-8(6)12)17-11-9(13)10(16)14-5-15-11/h2-5H,13H2,1H3,(H,14,15,16). The first kappa shape index (κ1) is 11.1. The fourth-order valence-electron chi connectivity index (χ4n) is 1.27. The number of H-pyrrole nitrogens is 1. The Hall–Kier alpha value is -2.37. The van der Waals surface area contributed by atoms with Gasteiger partial charge in [0.05, 0.1) is 6.33 Å². The summed E-state index contributed by atoms with van der Waals surface area (Å²) in [5.41, 5.74) is 5.33. The van der Waals surface area contributed by atoms with E-state index in [9.17, 15) is 9.18 Å². The van der Waals surface area contributed by atoms with E-state index < -0.39 is 5.56 Å². The summed E-state index contributed by atoms with van der Waals surface area (Å²) in [6.07, 6.45) is 1.18. The Morgan fingerprint density at radius 3 is 2.94 bits per heavy atom. The van der Waals surface area contributed by atoms with E-state index in [4.69, 9.17) is 10.5 Å². The molecule has 0 saturated heterocycles. The molecule has 1 heterocycles. The second-order valence-corrected chi connectivity index (χ2v) is 3.46. The van der Waals surface area contributed by atoms with Gasteiger partial charge >= 0.3 is 0 Å². The zero-order chi connectivity index (χ0) is 12.4. The zero-order valence-electron chi connectivity index (χ0n) is 9.03. The number of hydrogen-bond donors (Lipinski definition) is 2. The topological polar surface area (TPSA) is 81.0 Å². The number of nitrogen functional groups attached to an aromatic ring is 1. The number of halogens is 1. The van der Waals surface area contributed by atoms with Crippen molar-refractivity contribution in [2.75, 3.05) is 5.73 Å². The van der Waals surface area contributed by atoms with E-state index in [1.165, 1.54) is 24.5 Å². The van der Waals surface area contributed by atoms with Gasteiger partial charge in [0.1, 0.15) is 11.6 Å². The average Bonchev–Trinajstić information content (AvgIpc) is 2.30. The van der Waals surface area contributed by atoms with Crippen LogP contribution in [0.3, 0.4) is 0 Å². The zero-order valence-corrected chi connectivity index (χ0v) is 9.03. The second kappa shape index (κ2) is 4.25. The number of aryl methyl sites for hydroxylation is 1. The fraction of sp³-hybridized carbons (Fsp3) is 0.0909. The van der Waals surface area contributed by atoms with Gasteiger partial charge in [-0.05, 0) is 30.7 Å². The first-order valence-electron chi connectivity index (χ1n) is 4.85. The maximum Gasteiger partial charge on any atom is 0.277 e. The number of hydrogen-bond acceptors (Lipinski definition) is 4. The highest BCUT2D eigenvalue weighted by molar-refractivity contribution is 5.47. The number of nitrogens with one attached hydrogen (secondary N) is 1. The first-order chi connectivity index (χ1) is 8.08. The molecule has 0 radical (unpaired) electrons. The Kier molecular flexibility index (Phi) is 2.78. The molecule has 0 fully saturated rings. The maximum atomic E-state index is 13.0. The molecule has 0 bridgehead atoms. The minimum absolute atomic E-state index is 0.000224. The van der Waals surface area contributed by atoms with E-state index >= 15 is 0 Å². The molecule has 2 aromatic rings. The average molecular weight is 235 g/mol. The van der Waals surface area contributed by atoms with Gasteiger partial charge in [0.2, 0.25) is 5.88 Å². The van der Waals surface area contributed by atoms with Gasteiger partial charge in [-0.15, -0.1) is 0 Å². The van der Waals surface area contributed by atoms with Gasteiger partial charge in [-0.2, -0.15) is 0 Å². The third-order valence-electron chi connectivity index (χ3n) is 2.20. The molecule has 5 nitrogen and oxygen atoms in total. The monoisotopic (exact) mass is 235 g/mol. The van der Waals surface area contributed by atoms with Crippen LogP contribution in [0, 0.1) is 12.7 Å². The predicted octanol–water partition coefficient (Wildman–Crippen LogP) is 1.59. The molecule has 6 heteroatoms. The Labute approximate surface area is 96.1 Å². The molecule has 0 aliphatic heterocycles. The van der Waals surface area contributed by atoms with Crippen LogP contribution in [0.5, 0.6) is 11.6 Å².